The summed E-state index contributed by atoms with van der Waals surface area (Å²) >= 11 is 0. The van der Waals surface area contributed by atoms with Crippen LogP contribution in [0.2, 0.25) is 0 Å². The summed E-state index contributed by atoms with van der Waals surface area (Å²) in [5.41, 5.74) is 0. The van der Waals surface area contributed by atoms with Crippen molar-refractivity contribution in [3.05, 3.63) is 36.9 Å². The van der Waals surface area contributed by atoms with Crippen molar-refractivity contribution >= 4 is 17.9 Å². The van der Waals surface area contributed by atoms with E-state index in [9.17, 15) is 14.4 Å². The molecule has 0 fully saturated rings. The number of hydrogen-bond donors (Lipinski definition) is 0. The van der Waals surface area contributed by atoms with Gasteiger partial charge < -0.3 is 23.7 Å². The lowest BCUT2D eigenvalue weighted by atomic mass is 10.2. The van der Waals surface area contributed by atoms with Crippen molar-refractivity contribution in [3.8, 4) is 11.5 Å². The summed E-state index contributed by atoms with van der Waals surface area (Å²) < 4.78 is 25.5. The molecule has 0 spiro atoms. The van der Waals surface area contributed by atoms with Crippen molar-refractivity contribution in [2.75, 3.05) is 33.5 Å². The lowest BCUT2D eigenvalue weighted by Crippen LogP contribution is -2.18. The van der Waals surface area contributed by atoms with E-state index in [0.717, 1.165) is 11.8 Å². The third-order valence-electron chi connectivity index (χ3n) is 3.62. The summed E-state index contributed by atoms with van der Waals surface area (Å²) in [7, 11) is 1.59. The fraction of sp³-hybridized carbons (Fsp3) is 0.476. The molecule has 0 aromatic heterocycles. The number of ether oxygens (including phenoxy) is 5. The van der Waals surface area contributed by atoms with Gasteiger partial charge in [0, 0.05) is 18.4 Å². The average Bonchev–Trinajstić information content (AvgIpc) is 2.74. The van der Waals surface area contributed by atoms with E-state index >= 15 is 0 Å². The SMILES string of the molecule is C=CC(=O)OCC(C)COC(=O)CCC(=O)OCCCOc1ccc(OC)cc1. The molecule has 8 heteroatoms. The molecule has 160 valence electrons. The third-order valence-corrected chi connectivity index (χ3v) is 3.62. The van der Waals surface area contributed by atoms with Crippen LogP contribution >= 0.6 is 0 Å². The highest BCUT2D eigenvalue weighted by atomic mass is 16.6. The van der Waals surface area contributed by atoms with Crippen LogP contribution in [0, 0.1) is 5.92 Å². The number of hydrogen-bond acceptors (Lipinski definition) is 8. The van der Waals surface area contributed by atoms with Crippen molar-refractivity contribution in [2.45, 2.75) is 26.2 Å². The molecule has 29 heavy (non-hydrogen) atoms. The molecule has 0 bridgehead atoms. The minimum Gasteiger partial charge on any atom is -0.497 e. The maximum Gasteiger partial charge on any atom is 0.330 e. The van der Waals surface area contributed by atoms with Gasteiger partial charge in [-0.3, -0.25) is 9.59 Å². The Morgan fingerprint density at radius 1 is 0.931 bits per heavy atom. The van der Waals surface area contributed by atoms with Crippen molar-refractivity contribution in [2.24, 2.45) is 5.92 Å². The molecule has 0 radical (unpaired) electrons. The summed E-state index contributed by atoms with van der Waals surface area (Å²) in [5.74, 6) is -0.212. The van der Waals surface area contributed by atoms with Crippen molar-refractivity contribution in [1.82, 2.24) is 0 Å². The molecule has 0 amide bonds. The maximum atomic E-state index is 11.6. The first kappa shape index (κ1) is 24.0. The summed E-state index contributed by atoms with van der Waals surface area (Å²) in [6.45, 7) is 5.88. The van der Waals surface area contributed by atoms with Gasteiger partial charge in [-0.2, -0.15) is 0 Å². The number of esters is 3. The van der Waals surface area contributed by atoms with Crippen LogP contribution in [-0.4, -0.2) is 51.4 Å². The largest absolute Gasteiger partial charge is 0.497 e. The van der Waals surface area contributed by atoms with Gasteiger partial charge >= 0.3 is 17.9 Å². The molecule has 1 aromatic rings. The highest BCUT2D eigenvalue weighted by Gasteiger charge is 2.12. The van der Waals surface area contributed by atoms with Crippen LogP contribution in [0.25, 0.3) is 0 Å². The topological polar surface area (TPSA) is 97.4 Å². The lowest BCUT2D eigenvalue weighted by Gasteiger charge is -2.12. The van der Waals surface area contributed by atoms with Crippen molar-refractivity contribution in [3.63, 3.8) is 0 Å². The summed E-state index contributed by atoms with van der Waals surface area (Å²) in [6, 6.07) is 7.17. The molecule has 0 saturated carbocycles. The van der Waals surface area contributed by atoms with E-state index < -0.39 is 17.9 Å². The average molecular weight is 408 g/mol. The number of carbonyl (C=O) groups excluding carboxylic acids is 3. The molecule has 1 aromatic carbocycles. The molecular weight excluding hydrogens is 380 g/mol. The molecule has 0 aliphatic heterocycles. The fourth-order valence-corrected chi connectivity index (χ4v) is 2.02. The maximum absolute atomic E-state index is 11.6. The van der Waals surface area contributed by atoms with Gasteiger partial charge in [0.25, 0.3) is 0 Å². The summed E-state index contributed by atoms with van der Waals surface area (Å²) in [5, 5.41) is 0. The Kier molecular flexibility index (Phi) is 11.6. The molecular formula is C21H28O8. The Hall–Kier alpha value is -3.03. The number of benzene rings is 1. The Bertz CT molecular complexity index is 653. The Labute approximate surface area is 170 Å². The third kappa shape index (κ3) is 11.4. The van der Waals surface area contributed by atoms with E-state index in [-0.39, 0.29) is 38.6 Å². The van der Waals surface area contributed by atoms with Gasteiger partial charge in [0.2, 0.25) is 0 Å². The van der Waals surface area contributed by atoms with Crippen LogP contribution in [0.3, 0.4) is 0 Å². The zero-order valence-electron chi connectivity index (χ0n) is 16.9. The molecule has 1 rings (SSSR count). The molecule has 0 aliphatic rings. The molecule has 0 N–H and O–H groups in total. The van der Waals surface area contributed by atoms with Crippen molar-refractivity contribution < 1.29 is 38.1 Å². The second-order valence-corrected chi connectivity index (χ2v) is 6.22. The Balaban J connectivity index is 2.05. The summed E-state index contributed by atoms with van der Waals surface area (Å²) in [6.07, 6.45) is 1.47. The van der Waals surface area contributed by atoms with Crippen LogP contribution in [0.5, 0.6) is 11.5 Å². The molecule has 8 nitrogen and oxygen atoms in total. The predicted octanol–water partition coefficient (Wildman–Crippen LogP) is 2.70. The number of rotatable bonds is 14. The van der Waals surface area contributed by atoms with Crippen LogP contribution in [0.1, 0.15) is 26.2 Å². The zero-order valence-corrected chi connectivity index (χ0v) is 16.9. The van der Waals surface area contributed by atoms with E-state index in [1.165, 1.54) is 0 Å². The Morgan fingerprint density at radius 2 is 1.52 bits per heavy atom. The number of carbonyl (C=O) groups is 3. The first-order valence-corrected chi connectivity index (χ1v) is 9.32. The van der Waals surface area contributed by atoms with E-state index in [4.69, 9.17) is 23.7 Å². The van der Waals surface area contributed by atoms with E-state index in [1.54, 1.807) is 38.3 Å². The van der Waals surface area contributed by atoms with Gasteiger partial charge in [0.05, 0.1) is 46.4 Å². The predicted molar refractivity (Wildman–Crippen MR) is 105 cm³/mol. The van der Waals surface area contributed by atoms with E-state index in [0.29, 0.717) is 18.8 Å². The fourth-order valence-electron chi connectivity index (χ4n) is 2.02. The minimum atomic E-state index is -0.527. The lowest BCUT2D eigenvalue weighted by molar-refractivity contribution is -0.152. The molecule has 0 aliphatic carbocycles. The first-order chi connectivity index (χ1) is 13.9. The molecule has 0 saturated heterocycles. The number of methoxy groups -OCH3 is 1. The molecule has 1 atom stereocenters. The second kappa shape index (κ2) is 14.0. The quantitative estimate of drug-likeness (QED) is 0.201. The van der Waals surface area contributed by atoms with Gasteiger partial charge in [0.1, 0.15) is 11.5 Å². The highest BCUT2D eigenvalue weighted by Crippen LogP contribution is 2.17. The normalized spacial score (nSPS) is 11.1. The van der Waals surface area contributed by atoms with Gasteiger partial charge in [-0.05, 0) is 24.3 Å². The standard InChI is InChI=1S/C21H28O8/c1-4-19(22)28-14-16(2)15-29-21(24)11-10-20(23)27-13-5-12-26-18-8-6-17(25-3)7-9-18/h4,6-9,16H,1,5,10-15H2,2-3H3. The van der Waals surface area contributed by atoms with Crippen LogP contribution in [-0.2, 0) is 28.6 Å². The minimum absolute atomic E-state index is 0.0575. The van der Waals surface area contributed by atoms with Crippen LogP contribution < -0.4 is 9.47 Å². The van der Waals surface area contributed by atoms with Gasteiger partial charge in [0.15, 0.2) is 0 Å². The molecule has 1 unspecified atom stereocenters. The van der Waals surface area contributed by atoms with Gasteiger partial charge in [-0.1, -0.05) is 13.5 Å². The Morgan fingerprint density at radius 3 is 2.14 bits per heavy atom. The van der Waals surface area contributed by atoms with Gasteiger partial charge in [-0.25, -0.2) is 4.79 Å². The van der Waals surface area contributed by atoms with Crippen LogP contribution in [0.15, 0.2) is 36.9 Å². The summed E-state index contributed by atoms with van der Waals surface area (Å²) in [4.78, 5) is 34.2. The van der Waals surface area contributed by atoms with E-state index in [2.05, 4.69) is 6.58 Å². The second-order valence-electron chi connectivity index (χ2n) is 6.22. The van der Waals surface area contributed by atoms with E-state index in [1.807, 2.05) is 0 Å². The highest BCUT2D eigenvalue weighted by molar-refractivity contribution is 5.81. The van der Waals surface area contributed by atoms with Crippen molar-refractivity contribution in [1.29, 1.82) is 0 Å². The molecule has 0 heterocycles. The van der Waals surface area contributed by atoms with Crippen LogP contribution in [0.4, 0.5) is 0 Å². The first-order valence-electron chi connectivity index (χ1n) is 9.32. The monoisotopic (exact) mass is 408 g/mol. The van der Waals surface area contributed by atoms with Gasteiger partial charge in [-0.15, -0.1) is 0 Å². The zero-order chi connectivity index (χ0) is 21.5. The smallest absolute Gasteiger partial charge is 0.330 e.